The first-order valence-electron chi connectivity index (χ1n) is 7.87. The molecule has 0 saturated carbocycles. The number of fused-ring (bicyclic) bond motifs is 1. The molecule has 0 aromatic carbocycles. The summed E-state index contributed by atoms with van der Waals surface area (Å²) in [6, 6.07) is 4.37. The monoisotopic (exact) mass is 307 g/mol. The van der Waals surface area contributed by atoms with Gasteiger partial charge in [0.1, 0.15) is 0 Å². The van der Waals surface area contributed by atoms with Gasteiger partial charge < -0.3 is 9.47 Å². The summed E-state index contributed by atoms with van der Waals surface area (Å²) in [5, 5.41) is 2.16. The van der Waals surface area contributed by atoms with Gasteiger partial charge in [-0.25, -0.2) is 0 Å². The van der Waals surface area contributed by atoms with Crippen LogP contribution in [0.25, 0.3) is 0 Å². The van der Waals surface area contributed by atoms with Crippen molar-refractivity contribution in [3.63, 3.8) is 0 Å². The van der Waals surface area contributed by atoms with Gasteiger partial charge in [-0.2, -0.15) is 0 Å². The van der Waals surface area contributed by atoms with E-state index in [2.05, 4.69) is 29.0 Å². The van der Waals surface area contributed by atoms with Gasteiger partial charge in [0.05, 0.1) is 19.3 Å². The van der Waals surface area contributed by atoms with Crippen LogP contribution < -0.4 is 0 Å². The van der Waals surface area contributed by atoms with E-state index in [1.165, 1.54) is 11.3 Å². The second-order valence-corrected chi connectivity index (χ2v) is 7.24. The fourth-order valence-electron chi connectivity index (χ4n) is 3.70. The van der Waals surface area contributed by atoms with E-state index >= 15 is 0 Å². The zero-order valence-electron chi connectivity index (χ0n) is 12.6. The van der Waals surface area contributed by atoms with Gasteiger partial charge in [-0.3, -0.25) is 4.90 Å². The molecule has 1 aromatic heterocycles. The van der Waals surface area contributed by atoms with Crippen LogP contribution in [0.4, 0.5) is 0 Å². The molecule has 21 heavy (non-hydrogen) atoms. The van der Waals surface area contributed by atoms with Gasteiger partial charge in [0.15, 0.2) is 0 Å². The quantitative estimate of drug-likeness (QED) is 0.594. The van der Waals surface area contributed by atoms with E-state index < -0.39 is 0 Å². The van der Waals surface area contributed by atoms with E-state index in [0.717, 1.165) is 45.7 Å². The maximum atomic E-state index is 6.07. The van der Waals surface area contributed by atoms with Crippen LogP contribution in [0.2, 0.25) is 0 Å². The third-order valence-corrected chi connectivity index (χ3v) is 5.51. The minimum Gasteiger partial charge on any atom is -0.377 e. The summed E-state index contributed by atoms with van der Waals surface area (Å²) in [6.45, 7) is 9.38. The van der Waals surface area contributed by atoms with Gasteiger partial charge in [0.2, 0.25) is 0 Å². The summed E-state index contributed by atoms with van der Waals surface area (Å²) in [7, 11) is 0. The maximum Gasteiger partial charge on any atom is 0.0677 e. The molecule has 2 atom stereocenters. The van der Waals surface area contributed by atoms with Crippen molar-refractivity contribution in [2.75, 3.05) is 32.9 Å². The van der Waals surface area contributed by atoms with Crippen LogP contribution in [0.15, 0.2) is 30.2 Å². The van der Waals surface area contributed by atoms with E-state index in [1.54, 1.807) is 0 Å². The van der Waals surface area contributed by atoms with Crippen LogP contribution in [0.1, 0.15) is 24.1 Å². The van der Waals surface area contributed by atoms with Crippen LogP contribution in [-0.4, -0.2) is 43.9 Å². The standard InChI is InChI=1S/C17H25NO2S/c1-2-9-19-14-17-7-4-10-20-16(17)6-8-18(13-17)12-15-5-3-11-21-15/h2-3,5,11,16H,1,4,6-10,12-14H2. The lowest BCUT2D eigenvalue weighted by atomic mass is 9.73. The third kappa shape index (κ3) is 3.57. The molecule has 2 saturated heterocycles. The zero-order chi connectivity index (χ0) is 14.5. The Bertz CT molecular complexity index is 448. The summed E-state index contributed by atoms with van der Waals surface area (Å²) < 4.78 is 11.9. The van der Waals surface area contributed by atoms with Crippen molar-refractivity contribution in [3.05, 3.63) is 35.0 Å². The number of hydrogen-bond donors (Lipinski definition) is 0. The minimum absolute atomic E-state index is 0.177. The Morgan fingerprint density at radius 3 is 3.33 bits per heavy atom. The molecule has 2 fully saturated rings. The second kappa shape index (κ2) is 7.05. The van der Waals surface area contributed by atoms with Crippen molar-refractivity contribution in [2.45, 2.75) is 31.9 Å². The highest BCUT2D eigenvalue weighted by Gasteiger charge is 2.46. The highest BCUT2D eigenvalue weighted by atomic mass is 32.1. The molecule has 1 aromatic rings. The number of thiophene rings is 1. The molecule has 3 heterocycles. The summed E-state index contributed by atoms with van der Waals surface area (Å²) in [5.74, 6) is 0. The van der Waals surface area contributed by atoms with Crippen molar-refractivity contribution in [1.29, 1.82) is 0 Å². The van der Waals surface area contributed by atoms with Gasteiger partial charge in [0, 0.05) is 36.5 Å². The predicted molar refractivity (Wildman–Crippen MR) is 86.6 cm³/mol. The lowest BCUT2D eigenvalue weighted by molar-refractivity contribution is -0.151. The van der Waals surface area contributed by atoms with E-state index in [-0.39, 0.29) is 5.41 Å². The number of ether oxygens (including phenoxy) is 2. The molecule has 0 radical (unpaired) electrons. The summed E-state index contributed by atoms with van der Waals surface area (Å²) in [6.07, 6.45) is 5.71. The van der Waals surface area contributed by atoms with Crippen LogP contribution in [-0.2, 0) is 16.0 Å². The number of piperidine rings is 1. The lowest BCUT2D eigenvalue weighted by Crippen LogP contribution is -2.56. The van der Waals surface area contributed by atoms with Crippen molar-refractivity contribution in [3.8, 4) is 0 Å². The largest absolute Gasteiger partial charge is 0.377 e. The van der Waals surface area contributed by atoms with E-state index in [1.807, 2.05) is 17.4 Å². The van der Waals surface area contributed by atoms with Gasteiger partial charge in [-0.15, -0.1) is 17.9 Å². The van der Waals surface area contributed by atoms with Crippen molar-refractivity contribution >= 4 is 11.3 Å². The van der Waals surface area contributed by atoms with Gasteiger partial charge in [-0.1, -0.05) is 12.1 Å². The molecule has 3 nitrogen and oxygen atoms in total. The molecule has 0 N–H and O–H groups in total. The van der Waals surface area contributed by atoms with E-state index in [0.29, 0.717) is 12.7 Å². The van der Waals surface area contributed by atoms with Gasteiger partial charge in [-0.05, 0) is 30.7 Å². The molecular weight excluding hydrogens is 282 g/mol. The molecule has 0 spiro atoms. The molecule has 0 aliphatic carbocycles. The first-order valence-corrected chi connectivity index (χ1v) is 8.75. The average molecular weight is 307 g/mol. The SMILES string of the molecule is C=CCOCC12CCCOC1CCN(Cc1cccs1)C2. The normalized spacial score (nSPS) is 30.0. The molecule has 0 bridgehead atoms. The first kappa shape index (κ1) is 15.2. The van der Waals surface area contributed by atoms with Crippen molar-refractivity contribution in [2.24, 2.45) is 5.41 Å². The smallest absolute Gasteiger partial charge is 0.0677 e. The summed E-state index contributed by atoms with van der Waals surface area (Å²) >= 11 is 1.85. The number of hydrogen-bond acceptors (Lipinski definition) is 4. The van der Waals surface area contributed by atoms with Crippen LogP contribution >= 0.6 is 11.3 Å². The number of likely N-dealkylation sites (tertiary alicyclic amines) is 1. The fourth-order valence-corrected chi connectivity index (χ4v) is 4.44. The van der Waals surface area contributed by atoms with Crippen molar-refractivity contribution in [1.82, 2.24) is 4.90 Å². The molecule has 2 aliphatic heterocycles. The Labute approximate surface area is 131 Å². The maximum absolute atomic E-state index is 6.07. The Balaban J connectivity index is 1.66. The topological polar surface area (TPSA) is 21.7 Å². The Morgan fingerprint density at radius 2 is 2.52 bits per heavy atom. The predicted octanol–water partition coefficient (Wildman–Crippen LogP) is 3.32. The Kier molecular flexibility index (Phi) is 5.11. The molecule has 3 rings (SSSR count). The molecule has 2 aliphatic rings. The zero-order valence-corrected chi connectivity index (χ0v) is 13.4. The van der Waals surface area contributed by atoms with Gasteiger partial charge in [0.25, 0.3) is 0 Å². The number of rotatable bonds is 6. The Hall–Kier alpha value is -0.680. The number of nitrogens with zero attached hydrogens (tertiary/aromatic N) is 1. The van der Waals surface area contributed by atoms with E-state index in [9.17, 15) is 0 Å². The minimum atomic E-state index is 0.177. The molecule has 116 valence electrons. The lowest BCUT2D eigenvalue weighted by Gasteiger charge is -2.50. The summed E-state index contributed by atoms with van der Waals surface area (Å²) in [4.78, 5) is 4.03. The van der Waals surface area contributed by atoms with Gasteiger partial charge >= 0.3 is 0 Å². The van der Waals surface area contributed by atoms with Crippen LogP contribution in [0.3, 0.4) is 0 Å². The highest BCUT2D eigenvalue weighted by molar-refractivity contribution is 7.09. The second-order valence-electron chi connectivity index (χ2n) is 6.21. The van der Waals surface area contributed by atoms with Crippen LogP contribution in [0, 0.1) is 5.41 Å². The molecule has 2 unspecified atom stereocenters. The highest BCUT2D eigenvalue weighted by Crippen LogP contribution is 2.40. The molecular formula is C17H25NO2S. The first-order chi connectivity index (χ1) is 10.3. The molecule has 4 heteroatoms. The van der Waals surface area contributed by atoms with E-state index in [4.69, 9.17) is 9.47 Å². The summed E-state index contributed by atoms with van der Waals surface area (Å²) in [5.41, 5.74) is 0.177. The fraction of sp³-hybridized carbons (Fsp3) is 0.647. The Morgan fingerprint density at radius 1 is 1.57 bits per heavy atom. The molecule has 0 amide bonds. The third-order valence-electron chi connectivity index (χ3n) is 4.65. The van der Waals surface area contributed by atoms with Crippen molar-refractivity contribution < 1.29 is 9.47 Å². The van der Waals surface area contributed by atoms with Crippen LogP contribution in [0.5, 0.6) is 0 Å². The average Bonchev–Trinajstić information content (AvgIpc) is 3.00.